The molecule has 0 radical (unpaired) electrons. The summed E-state index contributed by atoms with van der Waals surface area (Å²) < 4.78 is 6.65. The lowest BCUT2D eigenvalue weighted by Crippen LogP contribution is -2.22. The van der Waals surface area contributed by atoms with Crippen molar-refractivity contribution >= 4 is 0 Å². The van der Waals surface area contributed by atoms with Crippen molar-refractivity contribution in [2.24, 2.45) is 0 Å². The van der Waals surface area contributed by atoms with Crippen molar-refractivity contribution in [3.63, 3.8) is 0 Å². The average Bonchev–Trinajstić information content (AvgIpc) is 2.72. The van der Waals surface area contributed by atoms with Gasteiger partial charge in [-0.2, -0.15) is 0 Å². The molecule has 0 amide bonds. The first kappa shape index (κ1) is 30.0. The van der Waals surface area contributed by atoms with Crippen LogP contribution in [0.3, 0.4) is 0 Å². The SMILES string of the molecule is CCCCCCCC(CC#CCN(C)C)OC(CC#CCN(C)C)CCCCCCC. The van der Waals surface area contributed by atoms with Crippen LogP contribution in [0.2, 0.25) is 0 Å². The Hall–Kier alpha value is -1.00. The second-order valence-corrected chi connectivity index (χ2v) is 9.38. The maximum atomic E-state index is 6.65. The standard InChI is InChI=1S/C28H52N2O/c1-7-9-11-13-15-21-27(23-17-19-25-29(3)4)31-28(22-16-14-12-10-8-2)24-18-20-26-30(5)6/h27-28H,7-16,21-26H2,1-6H3. The molecule has 3 heteroatoms. The minimum Gasteiger partial charge on any atom is -0.373 e. The third kappa shape index (κ3) is 22.0. The number of hydrogen-bond donors (Lipinski definition) is 0. The van der Waals surface area contributed by atoms with Crippen LogP contribution < -0.4 is 0 Å². The fraction of sp³-hybridized carbons (Fsp3) is 0.857. The Morgan fingerprint density at radius 1 is 0.548 bits per heavy atom. The highest BCUT2D eigenvalue weighted by molar-refractivity contribution is 5.04. The molecule has 0 aliphatic rings. The molecule has 0 N–H and O–H groups in total. The second-order valence-electron chi connectivity index (χ2n) is 9.38. The zero-order chi connectivity index (χ0) is 23.2. The normalized spacial score (nSPS) is 12.9. The van der Waals surface area contributed by atoms with Gasteiger partial charge in [-0.1, -0.05) is 102 Å². The molecular formula is C28H52N2O. The van der Waals surface area contributed by atoms with E-state index >= 15 is 0 Å². The summed E-state index contributed by atoms with van der Waals surface area (Å²) in [5.74, 6) is 13.3. The van der Waals surface area contributed by atoms with Gasteiger partial charge in [0.1, 0.15) is 0 Å². The van der Waals surface area contributed by atoms with Gasteiger partial charge in [-0.25, -0.2) is 0 Å². The molecule has 3 nitrogen and oxygen atoms in total. The molecule has 31 heavy (non-hydrogen) atoms. The molecule has 0 aromatic rings. The molecule has 0 saturated heterocycles. The first-order chi connectivity index (χ1) is 15.0. The number of hydrogen-bond acceptors (Lipinski definition) is 3. The van der Waals surface area contributed by atoms with Crippen molar-refractivity contribution in [3.05, 3.63) is 0 Å². The van der Waals surface area contributed by atoms with Crippen molar-refractivity contribution in [1.29, 1.82) is 0 Å². The van der Waals surface area contributed by atoms with Crippen molar-refractivity contribution < 1.29 is 4.74 Å². The molecule has 0 fully saturated rings. The minimum absolute atomic E-state index is 0.243. The van der Waals surface area contributed by atoms with Gasteiger partial charge in [-0.15, -0.1) is 0 Å². The third-order valence-electron chi connectivity index (χ3n) is 5.34. The van der Waals surface area contributed by atoms with Gasteiger partial charge in [0, 0.05) is 12.8 Å². The summed E-state index contributed by atoms with van der Waals surface area (Å²) in [6.07, 6.45) is 17.5. The Bertz CT molecular complexity index is 461. The molecule has 0 spiro atoms. The summed E-state index contributed by atoms with van der Waals surface area (Å²) >= 11 is 0. The molecule has 2 unspecified atom stereocenters. The molecule has 180 valence electrons. The van der Waals surface area contributed by atoms with Gasteiger partial charge in [-0.05, 0) is 41.0 Å². The van der Waals surface area contributed by atoms with E-state index in [1.165, 1.54) is 64.2 Å². The van der Waals surface area contributed by atoms with Gasteiger partial charge in [0.2, 0.25) is 0 Å². The van der Waals surface area contributed by atoms with Crippen LogP contribution in [0.1, 0.15) is 104 Å². The molecular weight excluding hydrogens is 380 g/mol. The first-order valence-electron chi connectivity index (χ1n) is 12.9. The summed E-state index contributed by atoms with van der Waals surface area (Å²) in [5.41, 5.74) is 0. The molecule has 0 aromatic heterocycles. The van der Waals surface area contributed by atoms with E-state index in [2.05, 4.69) is 75.5 Å². The van der Waals surface area contributed by atoms with E-state index in [0.29, 0.717) is 0 Å². The monoisotopic (exact) mass is 432 g/mol. The predicted octanol–water partition coefficient (Wildman–Crippen LogP) is 6.37. The Morgan fingerprint density at radius 3 is 1.29 bits per heavy atom. The second kappa shape index (κ2) is 22.2. The van der Waals surface area contributed by atoms with Gasteiger partial charge in [0.25, 0.3) is 0 Å². The number of ether oxygens (including phenoxy) is 1. The molecule has 0 aliphatic carbocycles. The van der Waals surface area contributed by atoms with Crippen molar-refractivity contribution in [2.45, 2.75) is 116 Å². The highest BCUT2D eigenvalue weighted by Crippen LogP contribution is 2.19. The van der Waals surface area contributed by atoms with Gasteiger partial charge in [0.15, 0.2) is 0 Å². The smallest absolute Gasteiger partial charge is 0.0688 e. The molecule has 0 aliphatic heterocycles. The lowest BCUT2D eigenvalue weighted by molar-refractivity contribution is -0.0170. The summed E-state index contributed by atoms with van der Waals surface area (Å²) in [5, 5.41) is 0. The third-order valence-corrected chi connectivity index (χ3v) is 5.34. The molecule has 0 bridgehead atoms. The maximum Gasteiger partial charge on any atom is 0.0688 e. The van der Waals surface area contributed by atoms with E-state index in [4.69, 9.17) is 4.74 Å². The average molecular weight is 433 g/mol. The fourth-order valence-electron chi connectivity index (χ4n) is 3.46. The van der Waals surface area contributed by atoms with Crippen LogP contribution in [0.15, 0.2) is 0 Å². The number of nitrogens with zero attached hydrogens (tertiary/aromatic N) is 2. The van der Waals surface area contributed by atoms with Crippen molar-refractivity contribution in [2.75, 3.05) is 41.3 Å². The summed E-state index contributed by atoms with van der Waals surface area (Å²) in [7, 11) is 8.27. The summed E-state index contributed by atoms with van der Waals surface area (Å²) in [4.78, 5) is 4.24. The van der Waals surface area contributed by atoms with Crippen molar-refractivity contribution in [1.82, 2.24) is 9.80 Å². The highest BCUT2D eigenvalue weighted by atomic mass is 16.5. The van der Waals surface area contributed by atoms with Crippen molar-refractivity contribution in [3.8, 4) is 23.7 Å². The molecule has 0 saturated carbocycles. The van der Waals surface area contributed by atoms with Crippen LogP contribution in [0.25, 0.3) is 0 Å². The van der Waals surface area contributed by atoms with Crippen LogP contribution in [-0.2, 0) is 4.74 Å². The van der Waals surface area contributed by atoms with Crippen LogP contribution >= 0.6 is 0 Å². The maximum absolute atomic E-state index is 6.65. The van der Waals surface area contributed by atoms with Gasteiger partial charge in [0.05, 0.1) is 25.3 Å². The van der Waals surface area contributed by atoms with Crippen LogP contribution in [0.5, 0.6) is 0 Å². The molecule has 0 aromatic carbocycles. The van der Waals surface area contributed by atoms with Gasteiger partial charge < -0.3 is 4.74 Å². The summed E-state index contributed by atoms with van der Waals surface area (Å²) in [6, 6.07) is 0. The zero-order valence-electron chi connectivity index (χ0n) is 21.8. The van der Waals surface area contributed by atoms with E-state index in [1.807, 2.05) is 0 Å². The molecule has 0 heterocycles. The Morgan fingerprint density at radius 2 is 0.935 bits per heavy atom. The van der Waals surface area contributed by atoms with E-state index < -0.39 is 0 Å². The lowest BCUT2D eigenvalue weighted by Gasteiger charge is -2.23. The number of unbranched alkanes of at least 4 members (excludes halogenated alkanes) is 8. The Labute approximate surface area is 195 Å². The van der Waals surface area contributed by atoms with Crippen LogP contribution in [0.4, 0.5) is 0 Å². The van der Waals surface area contributed by atoms with E-state index in [-0.39, 0.29) is 12.2 Å². The van der Waals surface area contributed by atoms with Gasteiger partial charge >= 0.3 is 0 Å². The summed E-state index contributed by atoms with van der Waals surface area (Å²) in [6.45, 7) is 6.18. The van der Waals surface area contributed by atoms with Crippen LogP contribution in [-0.4, -0.2) is 63.3 Å². The van der Waals surface area contributed by atoms with E-state index in [9.17, 15) is 0 Å². The topological polar surface area (TPSA) is 15.7 Å². The molecule has 2 atom stereocenters. The lowest BCUT2D eigenvalue weighted by atomic mass is 10.0. The predicted molar refractivity (Wildman–Crippen MR) is 137 cm³/mol. The van der Waals surface area contributed by atoms with Crippen LogP contribution in [0, 0.1) is 23.7 Å². The highest BCUT2D eigenvalue weighted by Gasteiger charge is 2.15. The Kier molecular flexibility index (Phi) is 21.5. The quantitative estimate of drug-likeness (QED) is 0.185. The largest absolute Gasteiger partial charge is 0.373 e. The molecule has 0 rings (SSSR count). The van der Waals surface area contributed by atoms with E-state index in [0.717, 1.165) is 38.8 Å². The minimum atomic E-state index is 0.243. The number of rotatable bonds is 18. The fourth-order valence-corrected chi connectivity index (χ4v) is 3.46. The van der Waals surface area contributed by atoms with Gasteiger partial charge in [-0.3, -0.25) is 9.80 Å². The van der Waals surface area contributed by atoms with E-state index in [1.54, 1.807) is 0 Å². The first-order valence-corrected chi connectivity index (χ1v) is 12.9. The zero-order valence-corrected chi connectivity index (χ0v) is 21.8. The Balaban J connectivity index is 4.83.